The first-order chi connectivity index (χ1) is 7.58. The van der Waals surface area contributed by atoms with Gasteiger partial charge in [-0.3, -0.25) is 0 Å². The maximum absolute atomic E-state index is 13.3. The van der Waals surface area contributed by atoms with Crippen molar-refractivity contribution in [2.45, 2.75) is 26.0 Å². The zero-order chi connectivity index (χ0) is 12.1. The Morgan fingerprint density at radius 1 is 1.38 bits per heavy atom. The highest BCUT2D eigenvalue weighted by Gasteiger charge is 2.13. The lowest BCUT2D eigenvalue weighted by molar-refractivity contribution is 0.183. The number of hydrogen-bond donors (Lipinski definition) is 1. The average molecular weight is 227 g/mol. The standard InChI is InChI=1S/C12H18FNO2/c1-8(14)4-11-9(7-15-2)5-10(13)6-12(11)16-3/h5-6,8H,4,7,14H2,1-3H3. The van der Waals surface area contributed by atoms with Crippen molar-refractivity contribution in [3.8, 4) is 5.75 Å². The summed E-state index contributed by atoms with van der Waals surface area (Å²) < 4.78 is 23.5. The SMILES string of the molecule is COCc1cc(F)cc(OC)c1CC(C)N. The van der Waals surface area contributed by atoms with E-state index in [0.29, 0.717) is 18.8 Å². The van der Waals surface area contributed by atoms with Crippen LogP contribution in [0.1, 0.15) is 18.1 Å². The number of nitrogens with two attached hydrogens (primary N) is 1. The summed E-state index contributed by atoms with van der Waals surface area (Å²) >= 11 is 0. The van der Waals surface area contributed by atoms with Gasteiger partial charge >= 0.3 is 0 Å². The van der Waals surface area contributed by atoms with Gasteiger partial charge in [0.15, 0.2) is 0 Å². The minimum absolute atomic E-state index is 0.00466. The largest absolute Gasteiger partial charge is 0.496 e. The molecule has 0 saturated carbocycles. The topological polar surface area (TPSA) is 44.5 Å². The average Bonchev–Trinajstić information content (AvgIpc) is 2.21. The fourth-order valence-electron chi connectivity index (χ4n) is 1.69. The van der Waals surface area contributed by atoms with Crippen LogP contribution < -0.4 is 10.5 Å². The summed E-state index contributed by atoms with van der Waals surface area (Å²) in [5, 5.41) is 0. The molecule has 0 aliphatic carbocycles. The Bertz CT molecular complexity index is 353. The van der Waals surface area contributed by atoms with Gasteiger partial charge in [0.05, 0.1) is 13.7 Å². The molecular formula is C12H18FNO2. The van der Waals surface area contributed by atoms with E-state index in [4.69, 9.17) is 15.2 Å². The molecule has 0 bridgehead atoms. The normalized spacial score (nSPS) is 12.6. The van der Waals surface area contributed by atoms with Crippen molar-refractivity contribution in [2.75, 3.05) is 14.2 Å². The molecule has 1 rings (SSSR count). The van der Waals surface area contributed by atoms with Crippen molar-refractivity contribution in [3.63, 3.8) is 0 Å². The monoisotopic (exact) mass is 227 g/mol. The summed E-state index contributed by atoms with van der Waals surface area (Å²) in [6.45, 7) is 2.26. The quantitative estimate of drug-likeness (QED) is 0.835. The third-order valence-electron chi connectivity index (χ3n) is 2.31. The maximum atomic E-state index is 13.3. The van der Waals surface area contributed by atoms with Crippen LogP contribution in [0.2, 0.25) is 0 Å². The van der Waals surface area contributed by atoms with Gasteiger partial charge in [-0.25, -0.2) is 4.39 Å². The van der Waals surface area contributed by atoms with E-state index in [2.05, 4.69) is 0 Å². The van der Waals surface area contributed by atoms with E-state index in [9.17, 15) is 4.39 Å². The molecular weight excluding hydrogens is 209 g/mol. The molecule has 16 heavy (non-hydrogen) atoms. The van der Waals surface area contributed by atoms with Gasteiger partial charge in [-0.15, -0.1) is 0 Å². The van der Waals surface area contributed by atoms with Gasteiger partial charge in [0, 0.05) is 24.8 Å². The Labute approximate surface area is 95.4 Å². The molecule has 1 unspecified atom stereocenters. The molecule has 1 aromatic rings. The summed E-state index contributed by atoms with van der Waals surface area (Å²) in [6.07, 6.45) is 0.641. The van der Waals surface area contributed by atoms with Gasteiger partial charge in [-0.2, -0.15) is 0 Å². The van der Waals surface area contributed by atoms with E-state index < -0.39 is 0 Å². The van der Waals surface area contributed by atoms with Gasteiger partial charge in [-0.1, -0.05) is 0 Å². The van der Waals surface area contributed by atoms with Crippen LogP contribution in [0.15, 0.2) is 12.1 Å². The molecule has 0 spiro atoms. The van der Waals surface area contributed by atoms with Crippen LogP contribution in [-0.2, 0) is 17.8 Å². The molecule has 1 atom stereocenters. The second-order valence-electron chi connectivity index (χ2n) is 3.86. The van der Waals surface area contributed by atoms with Gasteiger partial charge < -0.3 is 15.2 Å². The first kappa shape index (κ1) is 12.9. The molecule has 0 aliphatic heterocycles. The lowest BCUT2D eigenvalue weighted by atomic mass is 10.00. The molecule has 0 fully saturated rings. The molecule has 0 aliphatic rings. The second-order valence-corrected chi connectivity index (χ2v) is 3.86. The van der Waals surface area contributed by atoms with Crippen LogP contribution in [0.4, 0.5) is 4.39 Å². The molecule has 0 amide bonds. The molecule has 0 saturated heterocycles. The fraction of sp³-hybridized carbons (Fsp3) is 0.500. The van der Waals surface area contributed by atoms with Crippen LogP contribution >= 0.6 is 0 Å². The highest BCUT2D eigenvalue weighted by Crippen LogP contribution is 2.26. The summed E-state index contributed by atoms with van der Waals surface area (Å²) in [6, 6.07) is 2.83. The van der Waals surface area contributed by atoms with E-state index in [1.54, 1.807) is 7.11 Å². The molecule has 0 heterocycles. The second kappa shape index (κ2) is 5.82. The smallest absolute Gasteiger partial charge is 0.127 e. The number of benzene rings is 1. The highest BCUT2D eigenvalue weighted by molar-refractivity contribution is 5.41. The van der Waals surface area contributed by atoms with E-state index in [-0.39, 0.29) is 11.9 Å². The van der Waals surface area contributed by atoms with Crippen molar-refractivity contribution < 1.29 is 13.9 Å². The fourth-order valence-corrected chi connectivity index (χ4v) is 1.69. The minimum atomic E-state index is -0.322. The Morgan fingerprint density at radius 3 is 2.56 bits per heavy atom. The number of halogens is 1. The van der Waals surface area contributed by atoms with Gasteiger partial charge in [0.2, 0.25) is 0 Å². The van der Waals surface area contributed by atoms with E-state index >= 15 is 0 Å². The van der Waals surface area contributed by atoms with Crippen molar-refractivity contribution >= 4 is 0 Å². The van der Waals surface area contributed by atoms with Crippen LogP contribution in [0.5, 0.6) is 5.75 Å². The lowest BCUT2D eigenvalue weighted by Gasteiger charge is -2.15. The summed E-state index contributed by atoms with van der Waals surface area (Å²) in [5.74, 6) is 0.210. The first-order valence-electron chi connectivity index (χ1n) is 5.18. The van der Waals surface area contributed by atoms with Crippen molar-refractivity contribution in [3.05, 3.63) is 29.1 Å². The zero-order valence-corrected chi connectivity index (χ0v) is 9.92. The summed E-state index contributed by atoms with van der Waals surface area (Å²) in [7, 11) is 3.10. The first-order valence-corrected chi connectivity index (χ1v) is 5.18. The molecule has 0 radical (unpaired) electrons. The minimum Gasteiger partial charge on any atom is -0.496 e. The van der Waals surface area contributed by atoms with Crippen molar-refractivity contribution in [2.24, 2.45) is 5.73 Å². The molecule has 1 aromatic carbocycles. The van der Waals surface area contributed by atoms with Gasteiger partial charge in [-0.05, 0) is 25.0 Å². The van der Waals surface area contributed by atoms with Gasteiger partial charge in [0.1, 0.15) is 11.6 Å². The summed E-state index contributed by atoms with van der Waals surface area (Å²) in [5.41, 5.74) is 7.47. The predicted molar refractivity (Wildman–Crippen MR) is 61.0 cm³/mol. The van der Waals surface area contributed by atoms with Crippen LogP contribution in [0, 0.1) is 5.82 Å². The third kappa shape index (κ3) is 3.18. The zero-order valence-electron chi connectivity index (χ0n) is 9.92. The van der Waals surface area contributed by atoms with Crippen molar-refractivity contribution in [1.29, 1.82) is 0 Å². The maximum Gasteiger partial charge on any atom is 0.127 e. The number of methoxy groups -OCH3 is 2. The van der Waals surface area contributed by atoms with E-state index in [0.717, 1.165) is 11.1 Å². The Kier molecular flexibility index (Phi) is 4.71. The number of rotatable bonds is 5. The van der Waals surface area contributed by atoms with E-state index in [1.165, 1.54) is 19.2 Å². The molecule has 4 heteroatoms. The molecule has 2 N–H and O–H groups in total. The van der Waals surface area contributed by atoms with E-state index in [1.807, 2.05) is 6.92 Å². The third-order valence-corrected chi connectivity index (χ3v) is 2.31. The lowest BCUT2D eigenvalue weighted by Crippen LogP contribution is -2.19. The Balaban J connectivity index is 3.15. The number of hydrogen-bond acceptors (Lipinski definition) is 3. The predicted octanol–water partition coefficient (Wildman–Crippen LogP) is 1.87. The number of ether oxygens (including phenoxy) is 2. The van der Waals surface area contributed by atoms with Crippen molar-refractivity contribution in [1.82, 2.24) is 0 Å². The van der Waals surface area contributed by atoms with Crippen LogP contribution in [0.25, 0.3) is 0 Å². The van der Waals surface area contributed by atoms with Crippen LogP contribution in [0.3, 0.4) is 0 Å². The Morgan fingerprint density at radius 2 is 2.06 bits per heavy atom. The molecule has 0 aromatic heterocycles. The Hall–Kier alpha value is -1.13. The molecule has 3 nitrogen and oxygen atoms in total. The molecule has 90 valence electrons. The van der Waals surface area contributed by atoms with Crippen LogP contribution in [-0.4, -0.2) is 20.3 Å². The highest BCUT2D eigenvalue weighted by atomic mass is 19.1. The van der Waals surface area contributed by atoms with Gasteiger partial charge in [0.25, 0.3) is 0 Å². The summed E-state index contributed by atoms with van der Waals surface area (Å²) in [4.78, 5) is 0.